The number of halogens is 2. The van der Waals surface area contributed by atoms with Crippen molar-refractivity contribution in [3.05, 3.63) is 100 Å². The minimum Gasteiger partial charge on any atom is -0.489 e. The molecule has 0 amide bonds. The molecule has 0 N–H and O–H groups in total. The predicted octanol–water partition coefficient (Wildman–Crippen LogP) is 5.67. The largest absolute Gasteiger partial charge is 0.489 e. The van der Waals surface area contributed by atoms with Crippen molar-refractivity contribution in [2.45, 2.75) is 6.61 Å². The average molecular weight is 381 g/mol. The van der Waals surface area contributed by atoms with E-state index in [1.807, 2.05) is 12.1 Å². The van der Waals surface area contributed by atoms with Crippen LogP contribution in [0.5, 0.6) is 11.5 Å². The Labute approximate surface area is 160 Å². The highest BCUT2D eigenvalue weighted by atomic mass is 35.5. The third-order valence-electron chi connectivity index (χ3n) is 4.13. The summed E-state index contributed by atoms with van der Waals surface area (Å²) in [6, 6.07) is 18.3. The fourth-order valence-corrected chi connectivity index (χ4v) is 2.84. The molecule has 3 nitrogen and oxygen atoms in total. The van der Waals surface area contributed by atoms with Crippen LogP contribution in [0.3, 0.4) is 0 Å². The number of allylic oxidation sites excluding steroid dienone is 1. The van der Waals surface area contributed by atoms with E-state index in [1.54, 1.807) is 48.5 Å². The molecule has 0 saturated carbocycles. The maximum atomic E-state index is 12.9. The number of carbonyl (C=O) groups excluding carboxylic acids is 1. The molecule has 0 aliphatic carbocycles. The van der Waals surface area contributed by atoms with Crippen molar-refractivity contribution in [3.63, 3.8) is 0 Å². The monoisotopic (exact) mass is 380 g/mol. The topological polar surface area (TPSA) is 35.5 Å². The summed E-state index contributed by atoms with van der Waals surface area (Å²) in [4.78, 5) is 12.5. The van der Waals surface area contributed by atoms with Crippen molar-refractivity contribution < 1.29 is 18.7 Å². The highest BCUT2D eigenvalue weighted by Gasteiger charge is 2.27. The number of rotatable bonds is 4. The molecule has 0 radical (unpaired) electrons. The van der Waals surface area contributed by atoms with Gasteiger partial charge in [-0.3, -0.25) is 4.79 Å². The van der Waals surface area contributed by atoms with Crippen LogP contribution in [0.15, 0.2) is 72.5 Å². The molecule has 134 valence electrons. The first-order valence-corrected chi connectivity index (χ1v) is 8.67. The van der Waals surface area contributed by atoms with Gasteiger partial charge in [-0.1, -0.05) is 35.9 Å². The van der Waals surface area contributed by atoms with Crippen molar-refractivity contribution in [2.75, 3.05) is 0 Å². The third kappa shape index (κ3) is 3.86. The minimum absolute atomic E-state index is 0.176. The van der Waals surface area contributed by atoms with Gasteiger partial charge in [-0.05, 0) is 53.6 Å². The lowest BCUT2D eigenvalue weighted by molar-refractivity contribution is 0.101. The normalized spacial score (nSPS) is 14.1. The first kappa shape index (κ1) is 17.3. The van der Waals surface area contributed by atoms with Crippen LogP contribution in [-0.2, 0) is 6.61 Å². The molecule has 0 atom stereocenters. The molecule has 1 heterocycles. The average Bonchev–Trinajstić information content (AvgIpc) is 2.98. The molecule has 27 heavy (non-hydrogen) atoms. The molecule has 5 heteroatoms. The van der Waals surface area contributed by atoms with Gasteiger partial charge in [0.05, 0.1) is 5.56 Å². The summed E-state index contributed by atoms with van der Waals surface area (Å²) in [5, 5.41) is 0.627. The molecular weight excluding hydrogens is 367 g/mol. The lowest BCUT2D eigenvalue weighted by atomic mass is 10.1. The van der Waals surface area contributed by atoms with Crippen LogP contribution >= 0.6 is 11.6 Å². The summed E-state index contributed by atoms with van der Waals surface area (Å²) in [7, 11) is 0. The quantitative estimate of drug-likeness (QED) is 0.547. The highest BCUT2D eigenvalue weighted by molar-refractivity contribution is 6.30. The van der Waals surface area contributed by atoms with Gasteiger partial charge in [0.2, 0.25) is 5.78 Å². The molecule has 0 unspecified atom stereocenters. The van der Waals surface area contributed by atoms with E-state index in [-0.39, 0.29) is 17.4 Å². The first-order valence-electron chi connectivity index (χ1n) is 8.29. The van der Waals surface area contributed by atoms with Crippen LogP contribution < -0.4 is 9.47 Å². The number of hydrogen-bond acceptors (Lipinski definition) is 3. The maximum absolute atomic E-state index is 12.9. The van der Waals surface area contributed by atoms with Gasteiger partial charge in [-0.25, -0.2) is 4.39 Å². The smallest absolute Gasteiger partial charge is 0.231 e. The number of hydrogen-bond donors (Lipinski definition) is 0. The van der Waals surface area contributed by atoms with Gasteiger partial charge in [0.15, 0.2) is 5.76 Å². The van der Waals surface area contributed by atoms with Crippen LogP contribution in [0.4, 0.5) is 4.39 Å². The van der Waals surface area contributed by atoms with Crippen molar-refractivity contribution in [1.82, 2.24) is 0 Å². The summed E-state index contributed by atoms with van der Waals surface area (Å²) in [6.45, 7) is 0.292. The zero-order chi connectivity index (χ0) is 18.8. The molecule has 0 spiro atoms. The zero-order valence-electron chi connectivity index (χ0n) is 14.1. The Kier molecular flexibility index (Phi) is 4.65. The summed E-state index contributed by atoms with van der Waals surface area (Å²) < 4.78 is 24.4. The van der Waals surface area contributed by atoms with E-state index in [0.29, 0.717) is 28.7 Å². The Hall–Kier alpha value is -3.11. The van der Waals surface area contributed by atoms with Crippen LogP contribution in [0, 0.1) is 5.82 Å². The number of ether oxygens (including phenoxy) is 2. The number of ketones is 1. The zero-order valence-corrected chi connectivity index (χ0v) is 14.9. The SMILES string of the molecule is O=C1C(=Cc2ccc(Cl)cc2)Oc2cc(OCc3ccc(F)cc3)ccc21. The molecule has 0 fully saturated rings. The van der Waals surface area contributed by atoms with Crippen molar-refractivity contribution in [1.29, 1.82) is 0 Å². The number of carbonyl (C=O) groups is 1. The summed E-state index contributed by atoms with van der Waals surface area (Å²) in [6.07, 6.45) is 1.68. The maximum Gasteiger partial charge on any atom is 0.231 e. The van der Waals surface area contributed by atoms with Gasteiger partial charge >= 0.3 is 0 Å². The van der Waals surface area contributed by atoms with E-state index in [0.717, 1.165) is 11.1 Å². The van der Waals surface area contributed by atoms with Crippen LogP contribution in [-0.4, -0.2) is 5.78 Å². The van der Waals surface area contributed by atoms with Crippen LogP contribution in [0.25, 0.3) is 6.08 Å². The van der Waals surface area contributed by atoms with Crippen molar-refractivity contribution >= 4 is 23.5 Å². The number of fused-ring (bicyclic) bond motifs is 1. The second-order valence-electron chi connectivity index (χ2n) is 6.06. The summed E-state index contributed by atoms with van der Waals surface area (Å²) >= 11 is 5.88. The molecule has 0 aromatic heterocycles. The summed E-state index contributed by atoms with van der Waals surface area (Å²) in [5.74, 6) is 0.812. The Balaban J connectivity index is 1.50. The van der Waals surface area contributed by atoms with Crippen molar-refractivity contribution in [2.24, 2.45) is 0 Å². The molecule has 1 aliphatic rings. The van der Waals surface area contributed by atoms with Crippen molar-refractivity contribution in [3.8, 4) is 11.5 Å². The molecule has 3 aromatic carbocycles. The molecule has 3 aromatic rings. The molecule has 0 bridgehead atoms. The number of Topliss-reactive ketones (excluding diaryl/α,β-unsaturated/α-hetero) is 1. The van der Waals surface area contributed by atoms with Gasteiger partial charge in [0.25, 0.3) is 0 Å². The lowest BCUT2D eigenvalue weighted by Crippen LogP contribution is -1.98. The van der Waals surface area contributed by atoms with Gasteiger partial charge in [0, 0.05) is 11.1 Å². The third-order valence-corrected chi connectivity index (χ3v) is 4.38. The Morgan fingerprint density at radius 2 is 1.74 bits per heavy atom. The van der Waals surface area contributed by atoms with Crippen LogP contribution in [0.1, 0.15) is 21.5 Å². The standard InChI is InChI=1S/C22H14ClFO3/c23-16-5-1-14(2-6-16)11-21-22(25)19-10-9-18(12-20(19)27-21)26-13-15-3-7-17(24)8-4-15/h1-12H,13H2. The Morgan fingerprint density at radius 1 is 1.00 bits per heavy atom. The lowest BCUT2D eigenvalue weighted by Gasteiger charge is -2.07. The highest BCUT2D eigenvalue weighted by Crippen LogP contribution is 2.35. The fraction of sp³-hybridized carbons (Fsp3) is 0.0455. The molecular formula is C22H14ClFO3. The molecule has 4 rings (SSSR count). The van der Waals surface area contributed by atoms with E-state index in [4.69, 9.17) is 21.1 Å². The predicted molar refractivity (Wildman–Crippen MR) is 102 cm³/mol. The van der Waals surface area contributed by atoms with Gasteiger partial charge in [-0.15, -0.1) is 0 Å². The summed E-state index contributed by atoms with van der Waals surface area (Å²) in [5.41, 5.74) is 2.16. The number of benzene rings is 3. The Bertz CT molecular complexity index is 1020. The van der Waals surface area contributed by atoms with Gasteiger partial charge < -0.3 is 9.47 Å². The van der Waals surface area contributed by atoms with E-state index in [9.17, 15) is 9.18 Å². The molecule has 0 saturated heterocycles. The van der Waals surface area contributed by atoms with E-state index >= 15 is 0 Å². The van der Waals surface area contributed by atoms with Gasteiger partial charge in [-0.2, -0.15) is 0 Å². The first-order chi connectivity index (χ1) is 13.1. The van der Waals surface area contributed by atoms with E-state index in [1.165, 1.54) is 12.1 Å². The molecule has 1 aliphatic heterocycles. The minimum atomic E-state index is -0.289. The van der Waals surface area contributed by atoms with Gasteiger partial charge in [0.1, 0.15) is 23.9 Å². The van der Waals surface area contributed by atoms with E-state index < -0.39 is 0 Å². The Morgan fingerprint density at radius 3 is 2.48 bits per heavy atom. The van der Waals surface area contributed by atoms with Crippen LogP contribution in [0.2, 0.25) is 5.02 Å². The second kappa shape index (κ2) is 7.25. The van der Waals surface area contributed by atoms with E-state index in [2.05, 4.69) is 0 Å². The fourth-order valence-electron chi connectivity index (χ4n) is 2.71. The second-order valence-corrected chi connectivity index (χ2v) is 6.50.